The molecule has 96 valence electrons. The van der Waals surface area contributed by atoms with Crippen LogP contribution < -0.4 is 0 Å². The summed E-state index contributed by atoms with van der Waals surface area (Å²) in [7, 11) is 1.39. The van der Waals surface area contributed by atoms with Crippen molar-refractivity contribution < 1.29 is 14.3 Å². The number of rotatable bonds is 5. The van der Waals surface area contributed by atoms with E-state index in [-0.39, 0.29) is 5.97 Å². The summed E-state index contributed by atoms with van der Waals surface area (Å²) in [5.41, 5.74) is 2.60. The number of fused-ring (bicyclic) bond motifs is 1. The molecule has 0 aliphatic carbocycles. The second-order valence-electron chi connectivity index (χ2n) is 4.00. The van der Waals surface area contributed by atoms with Crippen molar-refractivity contribution in [3.8, 4) is 0 Å². The molecule has 0 spiro atoms. The summed E-state index contributed by atoms with van der Waals surface area (Å²) < 4.78 is 10.1. The Morgan fingerprint density at radius 2 is 2.22 bits per heavy atom. The maximum Gasteiger partial charge on any atom is 0.338 e. The Morgan fingerprint density at radius 3 is 2.94 bits per heavy atom. The highest BCUT2D eigenvalue weighted by molar-refractivity contribution is 6.03. The zero-order valence-corrected chi connectivity index (χ0v) is 10.7. The third-order valence-electron chi connectivity index (χ3n) is 2.85. The van der Waals surface area contributed by atoms with E-state index in [1.807, 2.05) is 25.1 Å². The minimum Gasteiger partial charge on any atom is -0.465 e. The van der Waals surface area contributed by atoms with Gasteiger partial charge in [0.05, 0.1) is 19.3 Å². The molecular formula is C14H17NO3. The molecule has 0 amide bonds. The molecule has 4 nitrogen and oxygen atoms in total. The van der Waals surface area contributed by atoms with E-state index >= 15 is 0 Å². The lowest BCUT2D eigenvalue weighted by atomic mass is 10.1. The van der Waals surface area contributed by atoms with E-state index in [0.29, 0.717) is 18.8 Å². The highest BCUT2D eigenvalue weighted by Gasteiger charge is 2.11. The number of aromatic nitrogens is 1. The van der Waals surface area contributed by atoms with E-state index in [9.17, 15) is 4.79 Å². The number of methoxy groups -OCH3 is 1. The van der Waals surface area contributed by atoms with Crippen LogP contribution in [0.2, 0.25) is 0 Å². The molecule has 1 heterocycles. The van der Waals surface area contributed by atoms with Crippen LogP contribution in [0.4, 0.5) is 0 Å². The molecule has 1 aromatic heterocycles. The van der Waals surface area contributed by atoms with E-state index in [0.717, 1.165) is 23.0 Å². The van der Waals surface area contributed by atoms with Crippen molar-refractivity contribution in [3.05, 3.63) is 35.5 Å². The Kier molecular flexibility index (Phi) is 3.99. The number of hydrogen-bond acceptors (Lipinski definition) is 3. The Morgan fingerprint density at radius 1 is 1.39 bits per heavy atom. The van der Waals surface area contributed by atoms with Gasteiger partial charge in [0, 0.05) is 29.6 Å². The summed E-state index contributed by atoms with van der Waals surface area (Å²) >= 11 is 0. The van der Waals surface area contributed by atoms with Crippen LogP contribution in [0.15, 0.2) is 24.3 Å². The van der Waals surface area contributed by atoms with Crippen LogP contribution in [0.5, 0.6) is 0 Å². The third kappa shape index (κ3) is 2.54. The monoisotopic (exact) mass is 247 g/mol. The molecule has 0 fully saturated rings. The van der Waals surface area contributed by atoms with Gasteiger partial charge in [-0.15, -0.1) is 0 Å². The Balaban J connectivity index is 2.29. The number of aromatic amines is 1. The van der Waals surface area contributed by atoms with Crippen LogP contribution in [0.25, 0.3) is 10.9 Å². The molecule has 18 heavy (non-hydrogen) atoms. The number of carbonyl (C=O) groups is 1. The van der Waals surface area contributed by atoms with Gasteiger partial charge in [-0.1, -0.05) is 6.07 Å². The number of benzene rings is 1. The third-order valence-corrected chi connectivity index (χ3v) is 2.85. The predicted octanol–water partition coefficient (Wildman–Crippen LogP) is 2.53. The van der Waals surface area contributed by atoms with Gasteiger partial charge in [0.25, 0.3) is 0 Å². The molecule has 4 heteroatoms. The van der Waals surface area contributed by atoms with Crippen molar-refractivity contribution in [2.24, 2.45) is 0 Å². The zero-order valence-electron chi connectivity index (χ0n) is 10.7. The van der Waals surface area contributed by atoms with E-state index in [1.54, 1.807) is 6.07 Å². The summed E-state index contributed by atoms with van der Waals surface area (Å²) in [6.07, 6.45) is 0.809. The molecule has 0 aliphatic heterocycles. The number of ether oxygens (including phenoxy) is 2. The quantitative estimate of drug-likeness (QED) is 0.652. The summed E-state index contributed by atoms with van der Waals surface area (Å²) in [5, 5.41) is 0.899. The van der Waals surface area contributed by atoms with Crippen molar-refractivity contribution in [2.75, 3.05) is 20.3 Å². The second-order valence-corrected chi connectivity index (χ2v) is 4.00. The molecule has 1 aromatic carbocycles. The maximum absolute atomic E-state index is 11.6. The van der Waals surface area contributed by atoms with E-state index < -0.39 is 0 Å². The standard InChI is InChI=1S/C14H17NO3/c1-3-18-8-7-10-9-12-11(14(16)17-2)5-4-6-13(12)15-10/h4-6,9,15H,3,7-8H2,1-2H3. The first-order valence-electron chi connectivity index (χ1n) is 6.03. The average Bonchev–Trinajstić information content (AvgIpc) is 2.80. The predicted molar refractivity (Wildman–Crippen MR) is 69.8 cm³/mol. The van der Waals surface area contributed by atoms with Crippen LogP contribution in [0.1, 0.15) is 23.0 Å². The minimum atomic E-state index is -0.309. The molecule has 2 aromatic rings. The van der Waals surface area contributed by atoms with Gasteiger partial charge in [-0.25, -0.2) is 4.79 Å². The van der Waals surface area contributed by atoms with Gasteiger partial charge in [0.15, 0.2) is 0 Å². The van der Waals surface area contributed by atoms with E-state index in [4.69, 9.17) is 9.47 Å². The summed E-state index contributed by atoms with van der Waals surface area (Å²) in [6.45, 7) is 3.37. The zero-order chi connectivity index (χ0) is 13.0. The molecule has 0 aliphatic rings. The molecule has 2 rings (SSSR count). The van der Waals surface area contributed by atoms with Crippen LogP contribution in [-0.4, -0.2) is 31.3 Å². The van der Waals surface area contributed by atoms with E-state index in [1.165, 1.54) is 7.11 Å². The lowest BCUT2D eigenvalue weighted by Crippen LogP contribution is -2.00. The van der Waals surface area contributed by atoms with Gasteiger partial charge >= 0.3 is 5.97 Å². The molecule has 0 radical (unpaired) electrons. The molecule has 0 atom stereocenters. The van der Waals surface area contributed by atoms with Crippen LogP contribution in [0, 0.1) is 0 Å². The van der Waals surface area contributed by atoms with Crippen molar-refractivity contribution in [1.29, 1.82) is 0 Å². The fourth-order valence-electron chi connectivity index (χ4n) is 1.96. The minimum absolute atomic E-state index is 0.309. The molecule has 1 N–H and O–H groups in total. The van der Waals surface area contributed by atoms with Gasteiger partial charge in [-0.3, -0.25) is 0 Å². The average molecular weight is 247 g/mol. The number of H-pyrrole nitrogens is 1. The first kappa shape index (κ1) is 12.6. The summed E-state index contributed by atoms with van der Waals surface area (Å²) in [4.78, 5) is 14.9. The van der Waals surface area contributed by atoms with Crippen molar-refractivity contribution >= 4 is 16.9 Å². The number of hydrogen-bond donors (Lipinski definition) is 1. The number of esters is 1. The lowest BCUT2D eigenvalue weighted by molar-refractivity contribution is 0.0603. The molecule has 0 bridgehead atoms. The van der Waals surface area contributed by atoms with Crippen LogP contribution in [0.3, 0.4) is 0 Å². The molecule has 0 unspecified atom stereocenters. The first-order valence-corrected chi connectivity index (χ1v) is 6.03. The van der Waals surface area contributed by atoms with Gasteiger partial charge in [0.2, 0.25) is 0 Å². The first-order chi connectivity index (χ1) is 8.76. The Bertz CT molecular complexity index is 545. The highest BCUT2D eigenvalue weighted by atomic mass is 16.5. The van der Waals surface area contributed by atoms with Crippen molar-refractivity contribution in [2.45, 2.75) is 13.3 Å². The van der Waals surface area contributed by atoms with Crippen LogP contribution in [-0.2, 0) is 15.9 Å². The van der Waals surface area contributed by atoms with Gasteiger partial charge in [-0.2, -0.15) is 0 Å². The fourth-order valence-corrected chi connectivity index (χ4v) is 1.96. The fraction of sp³-hybridized carbons (Fsp3) is 0.357. The highest BCUT2D eigenvalue weighted by Crippen LogP contribution is 2.21. The normalized spacial score (nSPS) is 10.8. The maximum atomic E-state index is 11.6. The van der Waals surface area contributed by atoms with Crippen molar-refractivity contribution in [1.82, 2.24) is 4.98 Å². The Hall–Kier alpha value is -1.81. The molecule has 0 saturated carbocycles. The van der Waals surface area contributed by atoms with E-state index in [2.05, 4.69) is 4.98 Å². The second kappa shape index (κ2) is 5.69. The summed E-state index contributed by atoms with van der Waals surface area (Å²) in [6, 6.07) is 7.55. The van der Waals surface area contributed by atoms with Gasteiger partial charge < -0.3 is 14.5 Å². The number of carbonyl (C=O) groups excluding carboxylic acids is 1. The van der Waals surface area contributed by atoms with Crippen molar-refractivity contribution in [3.63, 3.8) is 0 Å². The molecule has 0 saturated heterocycles. The van der Waals surface area contributed by atoms with Gasteiger partial charge in [0.1, 0.15) is 0 Å². The summed E-state index contributed by atoms with van der Waals surface area (Å²) in [5.74, 6) is -0.309. The SMILES string of the molecule is CCOCCc1cc2c(C(=O)OC)cccc2[nH]1. The lowest BCUT2D eigenvalue weighted by Gasteiger charge is -1.99. The molecular weight excluding hydrogens is 230 g/mol. The van der Waals surface area contributed by atoms with Crippen LogP contribution >= 0.6 is 0 Å². The smallest absolute Gasteiger partial charge is 0.338 e. The van der Waals surface area contributed by atoms with Gasteiger partial charge in [-0.05, 0) is 25.1 Å². The Labute approximate surface area is 106 Å². The topological polar surface area (TPSA) is 51.3 Å². The largest absolute Gasteiger partial charge is 0.465 e. The number of nitrogens with one attached hydrogen (secondary N) is 1.